The second-order valence-electron chi connectivity index (χ2n) is 6.91. The van der Waals surface area contributed by atoms with Crippen LogP contribution in [0.5, 0.6) is 5.75 Å². The maximum Gasteiger partial charge on any atom is 0.253 e. The van der Waals surface area contributed by atoms with Crippen LogP contribution in [0, 0.1) is 11.7 Å². The maximum absolute atomic E-state index is 13.7. The summed E-state index contributed by atoms with van der Waals surface area (Å²) in [5, 5.41) is 0.958. The number of hydrogen-bond donors (Lipinski definition) is 0. The minimum atomic E-state index is -0.356. The predicted molar refractivity (Wildman–Crippen MR) is 102 cm³/mol. The lowest BCUT2D eigenvalue weighted by atomic mass is 9.98. The highest BCUT2D eigenvalue weighted by Crippen LogP contribution is 2.23. The normalized spacial score (nSPS) is 17.1. The number of carbonyl (C=O) groups excluding carboxylic acids is 1. The molecule has 4 rings (SSSR count). The number of ether oxygens (including phenoxy) is 1. The Labute approximate surface area is 157 Å². The van der Waals surface area contributed by atoms with Crippen molar-refractivity contribution in [3.8, 4) is 5.75 Å². The van der Waals surface area contributed by atoms with Crippen LogP contribution >= 0.6 is 0 Å². The van der Waals surface area contributed by atoms with Gasteiger partial charge >= 0.3 is 0 Å². The van der Waals surface area contributed by atoms with Crippen molar-refractivity contribution in [2.75, 3.05) is 19.7 Å². The minimum absolute atomic E-state index is 0.0244. The van der Waals surface area contributed by atoms with Gasteiger partial charge in [0.25, 0.3) is 5.91 Å². The van der Waals surface area contributed by atoms with Gasteiger partial charge in [0.2, 0.25) is 0 Å². The van der Waals surface area contributed by atoms with Crippen LogP contribution in [0.2, 0.25) is 0 Å². The molecule has 0 bridgehead atoms. The van der Waals surface area contributed by atoms with E-state index in [1.54, 1.807) is 24.4 Å². The summed E-state index contributed by atoms with van der Waals surface area (Å²) in [5.74, 6) is 0.134. The van der Waals surface area contributed by atoms with Crippen LogP contribution in [-0.4, -0.2) is 35.5 Å². The number of aromatic nitrogens is 1. The average Bonchev–Trinajstić information content (AvgIpc) is 2.72. The fourth-order valence-corrected chi connectivity index (χ4v) is 3.55. The summed E-state index contributed by atoms with van der Waals surface area (Å²) in [6.45, 7) is 1.77. The Balaban J connectivity index is 1.42. The number of rotatable bonds is 4. The van der Waals surface area contributed by atoms with Crippen LogP contribution in [0.4, 0.5) is 4.39 Å². The van der Waals surface area contributed by atoms with Crippen LogP contribution in [0.15, 0.2) is 60.8 Å². The van der Waals surface area contributed by atoms with Gasteiger partial charge in [-0.3, -0.25) is 9.78 Å². The van der Waals surface area contributed by atoms with Crippen LogP contribution in [0.25, 0.3) is 10.9 Å². The zero-order chi connectivity index (χ0) is 18.6. The van der Waals surface area contributed by atoms with Crippen LogP contribution in [0.3, 0.4) is 0 Å². The van der Waals surface area contributed by atoms with E-state index < -0.39 is 0 Å². The summed E-state index contributed by atoms with van der Waals surface area (Å²) in [6.07, 6.45) is 3.64. The number of nitrogens with zero attached hydrogens (tertiary/aromatic N) is 2. The molecule has 138 valence electrons. The number of benzene rings is 2. The molecule has 0 unspecified atom stereocenters. The van der Waals surface area contributed by atoms with Crippen molar-refractivity contribution in [1.29, 1.82) is 0 Å². The molecular formula is C22H21FN2O2. The van der Waals surface area contributed by atoms with E-state index in [2.05, 4.69) is 4.98 Å². The number of pyridine rings is 1. The van der Waals surface area contributed by atoms with E-state index >= 15 is 0 Å². The van der Waals surface area contributed by atoms with Crippen molar-refractivity contribution in [2.24, 2.45) is 5.92 Å². The monoisotopic (exact) mass is 364 g/mol. The lowest BCUT2D eigenvalue weighted by Gasteiger charge is -2.32. The van der Waals surface area contributed by atoms with E-state index in [1.165, 1.54) is 6.07 Å². The van der Waals surface area contributed by atoms with Gasteiger partial charge in [-0.2, -0.15) is 0 Å². The summed E-state index contributed by atoms with van der Waals surface area (Å²) in [7, 11) is 0. The minimum Gasteiger partial charge on any atom is -0.490 e. The van der Waals surface area contributed by atoms with E-state index in [0.717, 1.165) is 30.3 Å². The molecule has 1 aliphatic heterocycles. The number of hydrogen-bond acceptors (Lipinski definition) is 3. The fraction of sp³-hybridized carbons (Fsp3) is 0.273. The third kappa shape index (κ3) is 3.92. The average molecular weight is 364 g/mol. The van der Waals surface area contributed by atoms with Gasteiger partial charge < -0.3 is 9.64 Å². The molecule has 0 spiro atoms. The second-order valence-corrected chi connectivity index (χ2v) is 6.91. The number of para-hydroxylation sites is 1. The first-order valence-electron chi connectivity index (χ1n) is 9.22. The highest BCUT2D eigenvalue weighted by atomic mass is 19.1. The van der Waals surface area contributed by atoms with Crippen LogP contribution in [-0.2, 0) is 0 Å². The Hall–Kier alpha value is -2.95. The van der Waals surface area contributed by atoms with E-state index in [-0.39, 0.29) is 23.4 Å². The van der Waals surface area contributed by atoms with Crippen molar-refractivity contribution in [1.82, 2.24) is 9.88 Å². The summed E-state index contributed by atoms with van der Waals surface area (Å²) < 4.78 is 19.3. The lowest BCUT2D eigenvalue weighted by molar-refractivity contribution is 0.0631. The Bertz CT molecular complexity index is 960. The third-order valence-electron chi connectivity index (χ3n) is 4.97. The van der Waals surface area contributed by atoms with Gasteiger partial charge in [-0.05, 0) is 49.2 Å². The molecule has 1 aliphatic rings. The molecule has 0 saturated carbocycles. The largest absolute Gasteiger partial charge is 0.490 e. The molecule has 0 N–H and O–H groups in total. The fourth-order valence-electron chi connectivity index (χ4n) is 3.55. The Morgan fingerprint density at radius 2 is 2.07 bits per heavy atom. The van der Waals surface area contributed by atoms with Crippen molar-refractivity contribution < 1.29 is 13.9 Å². The summed E-state index contributed by atoms with van der Waals surface area (Å²) >= 11 is 0. The Kier molecular flexibility index (Phi) is 5.01. The molecule has 2 heterocycles. The zero-order valence-corrected chi connectivity index (χ0v) is 15.0. The molecule has 27 heavy (non-hydrogen) atoms. The maximum atomic E-state index is 13.7. The van der Waals surface area contributed by atoms with E-state index in [0.29, 0.717) is 18.7 Å². The van der Waals surface area contributed by atoms with Gasteiger partial charge in [-0.1, -0.05) is 18.2 Å². The summed E-state index contributed by atoms with van der Waals surface area (Å²) in [4.78, 5) is 19.1. The molecule has 0 aliphatic carbocycles. The highest BCUT2D eigenvalue weighted by Gasteiger charge is 2.25. The Morgan fingerprint density at radius 3 is 2.96 bits per heavy atom. The SMILES string of the molecule is O=C(c1ccc2ncccc2c1)N1CCC[C@H](COc2ccccc2F)C1. The lowest BCUT2D eigenvalue weighted by Crippen LogP contribution is -2.41. The number of carbonyl (C=O) groups is 1. The number of fused-ring (bicyclic) bond motifs is 1. The molecule has 0 radical (unpaired) electrons. The smallest absolute Gasteiger partial charge is 0.253 e. The molecule has 2 aromatic carbocycles. The first-order chi connectivity index (χ1) is 13.2. The van der Waals surface area contributed by atoms with Gasteiger partial charge in [0, 0.05) is 36.2 Å². The van der Waals surface area contributed by atoms with E-state index in [4.69, 9.17) is 4.74 Å². The first kappa shape index (κ1) is 17.5. The van der Waals surface area contributed by atoms with E-state index in [9.17, 15) is 9.18 Å². The molecule has 5 heteroatoms. The van der Waals surface area contributed by atoms with Gasteiger partial charge in [-0.25, -0.2) is 4.39 Å². The highest BCUT2D eigenvalue weighted by molar-refractivity contribution is 5.98. The molecule has 3 aromatic rings. The van der Waals surface area contributed by atoms with Gasteiger partial charge in [0.1, 0.15) is 0 Å². The van der Waals surface area contributed by atoms with Crippen molar-refractivity contribution >= 4 is 16.8 Å². The number of halogens is 1. The zero-order valence-electron chi connectivity index (χ0n) is 15.0. The number of amides is 1. The molecule has 1 aromatic heterocycles. The van der Waals surface area contributed by atoms with Gasteiger partial charge in [-0.15, -0.1) is 0 Å². The second kappa shape index (κ2) is 7.74. The molecule has 4 nitrogen and oxygen atoms in total. The number of likely N-dealkylation sites (tertiary alicyclic amines) is 1. The molecular weight excluding hydrogens is 343 g/mol. The standard InChI is InChI=1S/C22H21FN2O2/c23-19-7-1-2-8-21(19)27-15-16-5-4-12-25(14-16)22(26)18-9-10-20-17(13-18)6-3-11-24-20/h1-3,6-11,13,16H,4-5,12,14-15H2/t16-/m0/s1. The Morgan fingerprint density at radius 1 is 1.19 bits per heavy atom. The predicted octanol–water partition coefficient (Wildman–Crippen LogP) is 4.31. The van der Waals surface area contributed by atoms with Gasteiger partial charge in [0.05, 0.1) is 12.1 Å². The van der Waals surface area contributed by atoms with E-state index in [1.807, 2.05) is 35.2 Å². The van der Waals surface area contributed by atoms with Crippen LogP contribution in [0.1, 0.15) is 23.2 Å². The molecule has 1 fully saturated rings. The number of piperidine rings is 1. The summed E-state index contributed by atoms with van der Waals surface area (Å²) in [5.41, 5.74) is 1.55. The van der Waals surface area contributed by atoms with Crippen molar-refractivity contribution in [3.05, 3.63) is 72.2 Å². The van der Waals surface area contributed by atoms with Crippen molar-refractivity contribution in [3.63, 3.8) is 0 Å². The third-order valence-corrected chi connectivity index (χ3v) is 4.97. The van der Waals surface area contributed by atoms with Crippen LogP contribution < -0.4 is 4.74 Å². The van der Waals surface area contributed by atoms with Crippen molar-refractivity contribution in [2.45, 2.75) is 12.8 Å². The molecule has 1 atom stereocenters. The van der Waals surface area contributed by atoms with Gasteiger partial charge in [0.15, 0.2) is 11.6 Å². The topological polar surface area (TPSA) is 42.4 Å². The molecule has 1 saturated heterocycles. The molecule has 1 amide bonds. The summed E-state index contributed by atoms with van der Waals surface area (Å²) in [6, 6.07) is 15.8. The first-order valence-corrected chi connectivity index (χ1v) is 9.22. The quantitative estimate of drug-likeness (QED) is 0.693.